The normalized spacial score (nSPS) is 10.9. The maximum absolute atomic E-state index is 11.3. The number of ether oxygens (including phenoxy) is 1. The molecular weight excluding hydrogens is 206 g/mol. The molecule has 0 fully saturated rings. The number of alkyl carbamates (subject to hydrolysis) is 1. The van der Waals surface area contributed by atoms with E-state index in [-0.39, 0.29) is 0 Å². The van der Waals surface area contributed by atoms with Gasteiger partial charge in [-0.15, -0.1) is 0 Å². The molecule has 0 saturated heterocycles. The average molecular weight is 223 g/mol. The predicted octanol–water partition coefficient (Wildman–Crippen LogP) is 1.54. The highest BCUT2D eigenvalue weighted by molar-refractivity contribution is 5.67. The van der Waals surface area contributed by atoms with Gasteiger partial charge in [0.15, 0.2) is 0 Å². The second-order valence-electron chi connectivity index (χ2n) is 4.43. The second-order valence-corrected chi connectivity index (χ2v) is 4.43. The van der Waals surface area contributed by atoms with Gasteiger partial charge >= 0.3 is 6.09 Å². The van der Waals surface area contributed by atoms with Crippen LogP contribution in [-0.4, -0.2) is 28.2 Å². The molecule has 5 heteroatoms. The van der Waals surface area contributed by atoms with Crippen molar-refractivity contribution in [1.29, 1.82) is 0 Å². The SMILES string of the molecule is CC(C)(C)OC(=O)NCCc1cncnc1. The van der Waals surface area contributed by atoms with Crippen LogP contribution in [0.1, 0.15) is 26.3 Å². The molecule has 0 bridgehead atoms. The zero-order chi connectivity index (χ0) is 12.0. The summed E-state index contributed by atoms with van der Waals surface area (Å²) in [6, 6.07) is 0. The third-order valence-electron chi connectivity index (χ3n) is 1.70. The minimum Gasteiger partial charge on any atom is -0.444 e. The molecule has 88 valence electrons. The first-order valence-electron chi connectivity index (χ1n) is 5.18. The van der Waals surface area contributed by atoms with Crippen molar-refractivity contribution in [3.05, 3.63) is 24.3 Å². The van der Waals surface area contributed by atoms with E-state index in [0.29, 0.717) is 13.0 Å². The highest BCUT2D eigenvalue weighted by Gasteiger charge is 2.15. The van der Waals surface area contributed by atoms with Crippen molar-refractivity contribution in [1.82, 2.24) is 15.3 Å². The lowest BCUT2D eigenvalue weighted by Crippen LogP contribution is -2.33. The summed E-state index contributed by atoms with van der Waals surface area (Å²) in [4.78, 5) is 19.1. The molecular formula is C11H17N3O2. The molecule has 0 aromatic carbocycles. The molecule has 1 aromatic heterocycles. The van der Waals surface area contributed by atoms with Gasteiger partial charge in [-0.2, -0.15) is 0 Å². The number of carbonyl (C=O) groups is 1. The summed E-state index contributed by atoms with van der Waals surface area (Å²) in [6.45, 7) is 6.01. The smallest absolute Gasteiger partial charge is 0.407 e. The predicted molar refractivity (Wildman–Crippen MR) is 60.0 cm³/mol. The highest BCUT2D eigenvalue weighted by Crippen LogP contribution is 2.06. The molecule has 0 atom stereocenters. The molecule has 0 unspecified atom stereocenters. The zero-order valence-electron chi connectivity index (χ0n) is 9.86. The third-order valence-corrected chi connectivity index (χ3v) is 1.70. The van der Waals surface area contributed by atoms with Crippen molar-refractivity contribution < 1.29 is 9.53 Å². The molecule has 1 heterocycles. The van der Waals surface area contributed by atoms with Crippen LogP contribution in [0, 0.1) is 0 Å². The first-order valence-corrected chi connectivity index (χ1v) is 5.18. The lowest BCUT2D eigenvalue weighted by atomic mass is 10.2. The summed E-state index contributed by atoms with van der Waals surface area (Å²) in [7, 11) is 0. The van der Waals surface area contributed by atoms with Gasteiger partial charge < -0.3 is 10.1 Å². The van der Waals surface area contributed by atoms with Gasteiger partial charge in [-0.25, -0.2) is 14.8 Å². The van der Waals surface area contributed by atoms with E-state index in [1.807, 2.05) is 20.8 Å². The van der Waals surface area contributed by atoms with E-state index in [1.54, 1.807) is 12.4 Å². The van der Waals surface area contributed by atoms with E-state index in [2.05, 4.69) is 15.3 Å². The van der Waals surface area contributed by atoms with Gasteiger partial charge in [0.1, 0.15) is 11.9 Å². The maximum Gasteiger partial charge on any atom is 0.407 e. The topological polar surface area (TPSA) is 64.1 Å². The van der Waals surface area contributed by atoms with Crippen molar-refractivity contribution in [2.24, 2.45) is 0 Å². The van der Waals surface area contributed by atoms with Gasteiger partial charge in [0.2, 0.25) is 0 Å². The van der Waals surface area contributed by atoms with Crippen LogP contribution in [0.15, 0.2) is 18.7 Å². The van der Waals surface area contributed by atoms with Crippen LogP contribution >= 0.6 is 0 Å². The van der Waals surface area contributed by atoms with Crippen LogP contribution < -0.4 is 5.32 Å². The van der Waals surface area contributed by atoms with Crippen molar-refractivity contribution >= 4 is 6.09 Å². The lowest BCUT2D eigenvalue weighted by molar-refractivity contribution is 0.0528. The number of nitrogens with one attached hydrogen (secondary N) is 1. The Morgan fingerprint density at radius 3 is 2.56 bits per heavy atom. The summed E-state index contributed by atoms with van der Waals surface area (Å²) in [5, 5.41) is 2.67. The minimum absolute atomic E-state index is 0.399. The molecule has 1 N–H and O–H groups in total. The third kappa shape index (κ3) is 5.29. The largest absolute Gasteiger partial charge is 0.444 e. The Morgan fingerprint density at radius 1 is 1.38 bits per heavy atom. The van der Waals surface area contributed by atoms with Crippen LogP contribution in [-0.2, 0) is 11.2 Å². The van der Waals surface area contributed by atoms with Crippen LogP contribution in [0.25, 0.3) is 0 Å². The van der Waals surface area contributed by atoms with Gasteiger partial charge in [-0.1, -0.05) is 0 Å². The number of hydrogen-bond acceptors (Lipinski definition) is 4. The Bertz CT molecular complexity index is 333. The number of amides is 1. The molecule has 0 radical (unpaired) electrons. The molecule has 1 aromatic rings. The summed E-state index contributed by atoms with van der Waals surface area (Å²) in [5.41, 5.74) is 0.526. The van der Waals surface area contributed by atoms with Crippen molar-refractivity contribution in [3.63, 3.8) is 0 Å². The summed E-state index contributed by atoms with van der Waals surface area (Å²) in [5.74, 6) is 0. The van der Waals surface area contributed by atoms with E-state index < -0.39 is 11.7 Å². The molecule has 0 aliphatic carbocycles. The first-order chi connectivity index (χ1) is 7.47. The van der Waals surface area contributed by atoms with Crippen LogP contribution in [0.5, 0.6) is 0 Å². The quantitative estimate of drug-likeness (QED) is 0.844. The van der Waals surface area contributed by atoms with E-state index in [0.717, 1.165) is 5.56 Å². The van der Waals surface area contributed by atoms with Crippen LogP contribution in [0.3, 0.4) is 0 Å². The Kier molecular flexibility index (Phi) is 4.22. The van der Waals surface area contributed by atoms with Crippen LogP contribution in [0.2, 0.25) is 0 Å². The second kappa shape index (κ2) is 5.44. The van der Waals surface area contributed by atoms with E-state index >= 15 is 0 Å². The Balaban J connectivity index is 2.24. The van der Waals surface area contributed by atoms with Crippen molar-refractivity contribution in [3.8, 4) is 0 Å². The molecule has 0 aliphatic heterocycles. The highest BCUT2D eigenvalue weighted by atomic mass is 16.6. The molecule has 1 rings (SSSR count). The average Bonchev–Trinajstić information content (AvgIpc) is 2.16. The van der Waals surface area contributed by atoms with Gasteiger partial charge in [0.05, 0.1) is 0 Å². The Hall–Kier alpha value is -1.65. The molecule has 0 spiro atoms. The fraction of sp³-hybridized carbons (Fsp3) is 0.545. The molecule has 0 saturated carbocycles. The minimum atomic E-state index is -0.458. The number of carbonyl (C=O) groups excluding carboxylic acids is 1. The Morgan fingerprint density at radius 2 is 2.00 bits per heavy atom. The molecule has 1 amide bonds. The fourth-order valence-electron chi connectivity index (χ4n) is 1.08. The van der Waals surface area contributed by atoms with E-state index in [1.165, 1.54) is 6.33 Å². The molecule has 0 aliphatic rings. The number of aromatic nitrogens is 2. The standard InChI is InChI=1S/C11H17N3O2/c1-11(2,3)16-10(15)14-5-4-9-6-12-8-13-7-9/h6-8H,4-5H2,1-3H3,(H,14,15). The van der Waals surface area contributed by atoms with Gasteiger partial charge in [0.25, 0.3) is 0 Å². The zero-order valence-corrected chi connectivity index (χ0v) is 9.86. The van der Waals surface area contributed by atoms with Gasteiger partial charge in [0, 0.05) is 18.9 Å². The summed E-state index contributed by atoms with van der Waals surface area (Å²) in [6.07, 6.45) is 5.22. The first kappa shape index (κ1) is 12.4. The van der Waals surface area contributed by atoms with Crippen LogP contribution in [0.4, 0.5) is 4.79 Å². The Labute approximate surface area is 95.3 Å². The number of rotatable bonds is 3. The monoisotopic (exact) mass is 223 g/mol. The van der Waals surface area contributed by atoms with Crippen molar-refractivity contribution in [2.75, 3.05) is 6.54 Å². The van der Waals surface area contributed by atoms with Gasteiger partial charge in [-0.3, -0.25) is 0 Å². The number of hydrogen-bond donors (Lipinski definition) is 1. The summed E-state index contributed by atoms with van der Waals surface area (Å²) < 4.78 is 5.09. The lowest BCUT2D eigenvalue weighted by Gasteiger charge is -2.19. The molecule has 5 nitrogen and oxygen atoms in total. The number of nitrogens with zero attached hydrogens (tertiary/aromatic N) is 2. The van der Waals surface area contributed by atoms with E-state index in [4.69, 9.17) is 4.74 Å². The van der Waals surface area contributed by atoms with Gasteiger partial charge in [-0.05, 0) is 32.8 Å². The maximum atomic E-state index is 11.3. The molecule has 16 heavy (non-hydrogen) atoms. The van der Waals surface area contributed by atoms with E-state index in [9.17, 15) is 4.79 Å². The fourth-order valence-corrected chi connectivity index (χ4v) is 1.08. The summed E-state index contributed by atoms with van der Waals surface area (Å²) >= 11 is 0. The van der Waals surface area contributed by atoms with Crippen molar-refractivity contribution in [2.45, 2.75) is 32.8 Å².